The van der Waals surface area contributed by atoms with Crippen molar-refractivity contribution < 1.29 is 4.79 Å². The number of hydrogen-bond donors (Lipinski definition) is 0. The molecule has 0 unspecified atom stereocenters. The standard InChI is InChI=1S/C12H11IN2OS/c1-15(7-10-4-2-3-5-14-10)12(16)9-6-11(13)17-8-9/h2-6,8H,7H2,1H3. The highest BCUT2D eigenvalue weighted by Gasteiger charge is 2.13. The molecule has 0 atom stereocenters. The molecule has 0 fully saturated rings. The first-order valence-electron chi connectivity index (χ1n) is 5.06. The number of pyridine rings is 1. The maximum atomic E-state index is 12.1. The Hall–Kier alpha value is -0.950. The van der Waals surface area contributed by atoms with Crippen molar-refractivity contribution in [3.8, 4) is 0 Å². The van der Waals surface area contributed by atoms with Crippen LogP contribution in [0.1, 0.15) is 16.1 Å². The van der Waals surface area contributed by atoms with Gasteiger partial charge in [-0.3, -0.25) is 9.78 Å². The first kappa shape index (κ1) is 12.5. The van der Waals surface area contributed by atoms with Crippen LogP contribution in [0.5, 0.6) is 0 Å². The third-order valence-corrected chi connectivity index (χ3v) is 4.08. The summed E-state index contributed by atoms with van der Waals surface area (Å²) in [5.74, 6) is 0.0369. The van der Waals surface area contributed by atoms with Crippen molar-refractivity contribution in [1.29, 1.82) is 0 Å². The predicted octanol–water partition coefficient (Wildman–Crippen LogP) is 3.02. The van der Waals surface area contributed by atoms with Crippen molar-refractivity contribution in [2.24, 2.45) is 0 Å². The molecule has 2 rings (SSSR count). The highest BCUT2D eigenvalue weighted by Crippen LogP contribution is 2.18. The molecule has 0 radical (unpaired) electrons. The first-order chi connectivity index (χ1) is 8.16. The quantitative estimate of drug-likeness (QED) is 0.791. The van der Waals surface area contributed by atoms with Crippen LogP contribution in [0.2, 0.25) is 0 Å². The van der Waals surface area contributed by atoms with Crippen LogP contribution in [0.15, 0.2) is 35.8 Å². The van der Waals surface area contributed by atoms with Gasteiger partial charge in [0.25, 0.3) is 5.91 Å². The smallest absolute Gasteiger partial charge is 0.254 e. The first-order valence-corrected chi connectivity index (χ1v) is 7.02. The number of aromatic nitrogens is 1. The fraction of sp³-hybridized carbons (Fsp3) is 0.167. The lowest BCUT2D eigenvalue weighted by Crippen LogP contribution is -2.26. The van der Waals surface area contributed by atoms with E-state index >= 15 is 0 Å². The van der Waals surface area contributed by atoms with Crippen molar-refractivity contribution >= 4 is 39.8 Å². The lowest BCUT2D eigenvalue weighted by Gasteiger charge is -2.15. The van der Waals surface area contributed by atoms with Crippen LogP contribution in [0.25, 0.3) is 0 Å². The third-order valence-electron chi connectivity index (χ3n) is 2.29. The highest BCUT2D eigenvalue weighted by atomic mass is 127. The van der Waals surface area contributed by atoms with Crippen LogP contribution in [-0.2, 0) is 6.54 Å². The molecule has 0 saturated heterocycles. The molecule has 0 spiro atoms. The lowest BCUT2D eigenvalue weighted by molar-refractivity contribution is 0.0784. The van der Waals surface area contributed by atoms with Gasteiger partial charge >= 0.3 is 0 Å². The number of nitrogens with zero attached hydrogens (tertiary/aromatic N) is 2. The second-order valence-electron chi connectivity index (χ2n) is 3.62. The Morgan fingerprint density at radius 1 is 1.53 bits per heavy atom. The van der Waals surface area contributed by atoms with E-state index in [4.69, 9.17) is 0 Å². The number of carbonyl (C=O) groups is 1. The molecule has 17 heavy (non-hydrogen) atoms. The van der Waals surface area contributed by atoms with Crippen molar-refractivity contribution in [2.75, 3.05) is 7.05 Å². The van der Waals surface area contributed by atoms with Crippen LogP contribution in [0.4, 0.5) is 0 Å². The van der Waals surface area contributed by atoms with E-state index in [1.807, 2.05) is 29.6 Å². The third kappa shape index (κ3) is 3.26. The van der Waals surface area contributed by atoms with Gasteiger partial charge in [0.15, 0.2) is 0 Å². The van der Waals surface area contributed by atoms with Crippen LogP contribution in [0.3, 0.4) is 0 Å². The topological polar surface area (TPSA) is 33.2 Å². The molecular weight excluding hydrogens is 347 g/mol. The Labute approximate surface area is 118 Å². The van der Waals surface area contributed by atoms with E-state index < -0.39 is 0 Å². The van der Waals surface area contributed by atoms with E-state index in [9.17, 15) is 4.79 Å². The van der Waals surface area contributed by atoms with Crippen molar-refractivity contribution in [1.82, 2.24) is 9.88 Å². The molecule has 0 aliphatic heterocycles. The van der Waals surface area contributed by atoms with E-state index in [-0.39, 0.29) is 5.91 Å². The largest absolute Gasteiger partial charge is 0.336 e. The average Bonchev–Trinajstić information content (AvgIpc) is 2.76. The molecule has 2 heterocycles. The molecule has 0 aliphatic rings. The summed E-state index contributed by atoms with van der Waals surface area (Å²) in [4.78, 5) is 18.0. The van der Waals surface area contributed by atoms with Gasteiger partial charge in [-0.1, -0.05) is 6.07 Å². The molecule has 1 amide bonds. The van der Waals surface area contributed by atoms with Crippen LogP contribution < -0.4 is 0 Å². The van der Waals surface area contributed by atoms with Gasteiger partial charge < -0.3 is 4.90 Å². The van der Waals surface area contributed by atoms with E-state index in [0.29, 0.717) is 6.54 Å². The minimum absolute atomic E-state index is 0.0369. The minimum Gasteiger partial charge on any atom is -0.336 e. The average molecular weight is 358 g/mol. The Morgan fingerprint density at radius 3 is 2.94 bits per heavy atom. The summed E-state index contributed by atoms with van der Waals surface area (Å²) in [6.45, 7) is 0.534. The van der Waals surface area contributed by atoms with E-state index in [2.05, 4.69) is 27.6 Å². The maximum Gasteiger partial charge on any atom is 0.254 e. The maximum absolute atomic E-state index is 12.1. The molecule has 0 aromatic carbocycles. The van der Waals surface area contributed by atoms with Gasteiger partial charge in [0.1, 0.15) is 0 Å². The SMILES string of the molecule is CN(Cc1ccccn1)C(=O)c1csc(I)c1. The van der Waals surface area contributed by atoms with E-state index in [1.54, 1.807) is 29.5 Å². The van der Waals surface area contributed by atoms with E-state index in [1.165, 1.54) is 0 Å². The van der Waals surface area contributed by atoms with E-state index in [0.717, 1.165) is 14.1 Å². The number of amides is 1. The normalized spacial score (nSPS) is 10.2. The Morgan fingerprint density at radius 2 is 2.35 bits per heavy atom. The van der Waals surface area contributed by atoms with Crippen molar-refractivity contribution in [3.63, 3.8) is 0 Å². The summed E-state index contributed by atoms with van der Waals surface area (Å²) in [6, 6.07) is 7.62. The van der Waals surface area contributed by atoms with Gasteiger partial charge in [0.2, 0.25) is 0 Å². The molecular formula is C12H11IN2OS. The molecule has 0 saturated carbocycles. The molecule has 5 heteroatoms. The number of thiophene rings is 1. The zero-order chi connectivity index (χ0) is 12.3. The predicted molar refractivity (Wildman–Crippen MR) is 77.1 cm³/mol. The number of hydrogen-bond acceptors (Lipinski definition) is 3. The Balaban J connectivity index is 2.06. The highest BCUT2D eigenvalue weighted by molar-refractivity contribution is 14.1. The molecule has 88 valence electrons. The fourth-order valence-electron chi connectivity index (χ4n) is 1.45. The zero-order valence-corrected chi connectivity index (χ0v) is 12.2. The van der Waals surface area contributed by atoms with Gasteiger partial charge in [0.05, 0.1) is 20.7 Å². The summed E-state index contributed by atoms with van der Waals surface area (Å²) < 4.78 is 1.12. The summed E-state index contributed by atoms with van der Waals surface area (Å²) in [5, 5.41) is 1.89. The second kappa shape index (κ2) is 5.59. The van der Waals surface area contributed by atoms with Crippen LogP contribution in [-0.4, -0.2) is 22.8 Å². The summed E-state index contributed by atoms with van der Waals surface area (Å²) in [5.41, 5.74) is 1.64. The van der Waals surface area contributed by atoms with Gasteiger partial charge in [0, 0.05) is 18.6 Å². The Kier molecular flexibility index (Phi) is 4.11. The molecule has 2 aromatic heterocycles. The van der Waals surface area contributed by atoms with Gasteiger partial charge in [-0.25, -0.2) is 0 Å². The lowest BCUT2D eigenvalue weighted by atomic mass is 10.3. The molecule has 0 aliphatic carbocycles. The second-order valence-corrected chi connectivity index (χ2v) is 6.43. The van der Waals surface area contributed by atoms with Crippen molar-refractivity contribution in [2.45, 2.75) is 6.54 Å². The van der Waals surface area contributed by atoms with Crippen LogP contribution in [0, 0.1) is 2.88 Å². The van der Waals surface area contributed by atoms with Gasteiger partial charge in [-0.15, -0.1) is 11.3 Å². The summed E-state index contributed by atoms with van der Waals surface area (Å²) >= 11 is 3.80. The Bertz CT molecular complexity index is 512. The van der Waals surface area contributed by atoms with Crippen LogP contribution >= 0.6 is 33.9 Å². The molecule has 0 bridgehead atoms. The monoisotopic (exact) mass is 358 g/mol. The molecule has 2 aromatic rings. The molecule has 3 nitrogen and oxygen atoms in total. The fourth-order valence-corrected chi connectivity index (χ4v) is 2.77. The zero-order valence-electron chi connectivity index (χ0n) is 9.26. The van der Waals surface area contributed by atoms with Gasteiger partial charge in [-0.05, 0) is 40.8 Å². The minimum atomic E-state index is 0.0369. The molecule has 0 N–H and O–H groups in total. The van der Waals surface area contributed by atoms with Gasteiger partial charge in [-0.2, -0.15) is 0 Å². The number of carbonyl (C=O) groups excluding carboxylic acids is 1. The summed E-state index contributed by atoms with van der Waals surface area (Å²) in [6.07, 6.45) is 1.74. The number of halogens is 1. The summed E-state index contributed by atoms with van der Waals surface area (Å²) in [7, 11) is 1.79. The number of rotatable bonds is 3. The van der Waals surface area contributed by atoms with Crippen molar-refractivity contribution in [3.05, 3.63) is 50.0 Å².